The highest BCUT2D eigenvalue weighted by Gasteiger charge is 2.38. The van der Waals surface area contributed by atoms with Gasteiger partial charge in [-0.3, -0.25) is 4.79 Å². The van der Waals surface area contributed by atoms with Crippen molar-refractivity contribution in [1.29, 1.82) is 0 Å². The summed E-state index contributed by atoms with van der Waals surface area (Å²) in [5, 5.41) is 8.42. The van der Waals surface area contributed by atoms with Gasteiger partial charge in [0.15, 0.2) is 5.82 Å². The average Bonchev–Trinajstić information content (AvgIpc) is 3.16. The smallest absolute Gasteiger partial charge is 0.156 e. The van der Waals surface area contributed by atoms with E-state index in [4.69, 9.17) is 9.84 Å². The van der Waals surface area contributed by atoms with E-state index in [0.29, 0.717) is 6.04 Å². The van der Waals surface area contributed by atoms with Crippen molar-refractivity contribution in [2.45, 2.75) is 37.1 Å². The molecule has 0 bridgehead atoms. The summed E-state index contributed by atoms with van der Waals surface area (Å²) in [5.41, 5.74) is 4.17. The Morgan fingerprint density at radius 2 is 1.94 bits per heavy atom. The van der Waals surface area contributed by atoms with E-state index in [2.05, 4.69) is 53.9 Å². The van der Waals surface area contributed by atoms with Gasteiger partial charge in [0, 0.05) is 29.6 Å². The number of methoxy groups -OCH3 is 1. The number of benzene rings is 2. The third-order valence-corrected chi connectivity index (χ3v) is 6.66. The van der Waals surface area contributed by atoms with Gasteiger partial charge >= 0.3 is 0 Å². The van der Waals surface area contributed by atoms with Crippen molar-refractivity contribution in [3.05, 3.63) is 89.1 Å². The predicted octanol–water partition coefficient (Wildman–Crippen LogP) is 5.08. The first-order valence-corrected chi connectivity index (χ1v) is 11.1. The standard InChI is InChI=1S/C27H27N3O2/c1-32-23-13-5-10-21(18-23)27(20-8-3-2-4-9-20)15-14-24-25(19-27)30(16-7-17-31)29-26(24)28-22-11-6-12-22/h2-5,7-10,13-18,22H,6,11-12,19H2,1H3,(H,28,29). The number of hydrogen-bond acceptors (Lipinski definition) is 4. The molecule has 2 aliphatic rings. The first-order chi connectivity index (χ1) is 15.7. The molecular formula is C27H27N3O2. The van der Waals surface area contributed by atoms with Crippen molar-refractivity contribution in [3.8, 4) is 5.75 Å². The number of hydrogen-bond donors (Lipinski definition) is 1. The number of carbonyl (C=O) groups excluding carboxylic acids is 1. The zero-order chi connectivity index (χ0) is 22.0. The molecular weight excluding hydrogens is 398 g/mol. The molecule has 0 spiro atoms. The number of nitrogens with zero attached hydrogens (tertiary/aromatic N) is 2. The number of allylic oxidation sites excluding steroid dienone is 2. The highest BCUT2D eigenvalue weighted by molar-refractivity contribution is 5.74. The Bertz CT molecular complexity index is 1170. The maximum absolute atomic E-state index is 11.1. The van der Waals surface area contributed by atoms with Crippen LogP contribution in [0.15, 0.2) is 66.7 Å². The molecule has 162 valence electrons. The maximum atomic E-state index is 11.1. The van der Waals surface area contributed by atoms with Crippen LogP contribution in [0.4, 0.5) is 5.82 Å². The molecule has 0 radical (unpaired) electrons. The summed E-state index contributed by atoms with van der Waals surface area (Å²) in [6.45, 7) is 0. The number of carbonyl (C=O) groups is 1. The Morgan fingerprint density at radius 1 is 1.12 bits per heavy atom. The molecule has 2 aromatic carbocycles. The third-order valence-electron chi connectivity index (χ3n) is 6.66. The van der Waals surface area contributed by atoms with Crippen molar-refractivity contribution >= 4 is 24.4 Å². The quantitative estimate of drug-likeness (QED) is 0.424. The summed E-state index contributed by atoms with van der Waals surface area (Å²) in [6.07, 6.45) is 12.8. The number of ether oxygens (including phenoxy) is 1. The number of aldehydes is 1. The van der Waals surface area contributed by atoms with E-state index in [1.54, 1.807) is 13.3 Å². The fourth-order valence-electron chi connectivity index (χ4n) is 4.67. The van der Waals surface area contributed by atoms with Crippen LogP contribution in [-0.2, 0) is 16.6 Å². The summed E-state index contributed by atoms with van der Waals surface area (Å²) < 4.78 is 7.39. The summed E-state index contributed by atoms with van der Waals surface area (Å²) >= 11 is 0. The molecule has 0 aliphatic heterocycles. The van der Waals surface area contributed by atoms with Gasteiger partial charge in [-0.1, -0.05) is 54.6 Å². The van der Waals surface area contributed by atoms with Gasteiger partial charge in [-0.15, -0.1) is 0 Å². The molecule has 1 heterocycles. The Morgan fingerprint density at radius 3 is 2.66 bits per heavy atom. The highest BCUT2D eigenvalue weighted by atomic mass is 16.5. The zero-order valence-electron chi connectivity index (χ0n) is 18.2. The van der Waals surface area contributed by atoms with Crippen LogP contribution in [-0.4, -0.2) is 29.2 Å². The van der Waals surface area contributed by atoms with Crippen molar-refractivity contribution in [2.75, 3.05) is 12.4 Å². The van der Waals surface area contributed by atoms with Crippen LogP contribution < -0.4 is 10.1 Å². The SMILES string of the molecule is COc1cccc(C2(c3ccccc3)C=Cc3c(NC4CCC4)nn(C=CC=O)c3C2)c1. The van der Waals surface area contributed by atoms with Crippen molar-refractivity contribution < 1.29 is 9.53 Å². The lowest BCUT2D eigenvalue weighted by Crippen LogP contribution is -2.31. The number of aromatic nitrogens is 2. The van der Waals surface area contributed by atoms with Crippen molar-refractivity contribution in [1.82, 2.24) is 9.78 Å². The third kappa shape index (κ3) is 3.54. The lowest BCUT2D eigenvalue weighted by molar-refractivity contribution is -0.104. The highest BCUT2D eigenvalue weighted by Crippen LogP contribution is 2.44. The minimum Gasteiger partial charge on any atom is -0.497 e. The monoisotopic (exact) mass is 425 g/mol. The van der Waals surface area contributed by atoms with Crippen LogP contribution in [0, 0.1) is 0 Å². The molecule has 1 aromatic heterocycles. The summed E-state index contributed by atoms with van der Waals surface area (Å²) in [7, 11) is 1.70. The van der Waals surface area contributed by atoms with Gasteiger partial charge in [-0.25, -0.2) is 4.68 Å². The van der Waals surface area contributed by atoms with E-state index in [0.717, 1.165) is 41.1 Å². The van der Waals surface area contributed by atoms with E-state index >= 15 is 0 Å². The van der Waals surface area contributed by atoms with Crippen LogP contribution in [0.1, 0.15) is 41.6 Å². The molecule has 5 nitrogen and oxygen atoms in total. The average molecular weight is 426 g/mol. The van der Waals surface area contributed by atoms with Gasteiger partial charge in [0.25, 0.3) is 0 Å². The Balaban J connectivity index is 1.65. The molecule has 32 heavy (non-hydrogen) atoms. The molecule has 3 aromatic rings. The zero-order valence-corrected chi connectivity index (χ0v) is 18.2. The van der Waals surface area contributed by atoms with Gasteiger partial charge in [0.2, 0.25) is 0 Å². The van der Waals surface area contributed by atoms with Gasteiger partial charge in [0.1, 0.15) is 12.0 Å². The second kappa shape index (κ2) is 8.50. The topological polar surface area (TPSA) is 56.1 Å². The van der Waals surface area contributed by atoms with E-state index in [1.165, 1.54) is 30.9 Å². The second-order valence-electron chi connectivity index (χ2n) is 8.48. The maximum Gasteiger partial charge on any atom is 0.156 e. The van der Waals surface area contributed by atoms with Crippen LogP contribution in [0.3, 0.4) is 0 Å². The molecule has 0 amide bonds. The normalized spacial score (nSPS) is 20.0. The molecule has 5 heteroatoms. The molecule has 2 aliphatic carbocycles. The number of rotatable bonds is 7. The van der Waals surface area contributed by atoms with Gasteiger partial charge in [-0.2, -0.15) is 5.10 Å². The molecule has 1 unspecified atom stereocenters. The van der Waals surface area contributed by atoms with Gasteiger partial charge in [-0.05, 0) is 48.6 Å². The minimum atomic E-state index is -0.372. The summed E-state index contributed by atoms with van der Waals surface area (Å²) in [5.74, 6) is 1.72. The van der Waals surface area contributed by atoms with E-state index in [1.807, 2.05) is 22.9 Å². The van der Waals surface area contributed by atoms with Crippen LogP contribution >= 0.6 is 0 Å². The minimum absolute atomic E-state index is 0.372. The largest absolute Gasteiger partial charge is 0.497 e. The van der Waals surface area contributed by atoms with E-state index < -0.39 is 0 Å². The number of nitrogens with one attached hydrogen (secondary N) is 1. The first-order valence-electron chi connectivity index (χ1n) is 11.1. The van der Waals surface area contributed by atoms with Gasteiger partial charge < -0.3 is 10.1 Å². The Kier molecular flexibility index (Phi) is 5.39. The fourth-order valence-corrected chi connectivity index (χ4v) is 4.67. The Labute approximate surface area is 188 Å². The number of anilines is 1. The Hall–Kier alpha value is -3.60. The van der Waals surface area contributed by atoms with Crippen LogP contribution in [0.2, 0.25) is 0 Å². The fraction of sp³-hybridized carbons (Fsp3) is 0.259. The first kappa shape index (κ1) is 20.3. The second-order valence-corrected chi connectivity index (χ2v) is 8.48. The van der Waals surface area contributed by atoms with Crippen LogP contribution in [0.25, 0.3) is 12.3 Å². The van der Waals surface area contributed by atoms with Crippen molar-refractivity contribution in [2.24, 2.45) is 0 Å². The van der Waals surface area contributed by atoms with E-state index in [9.17, 15) is 4.79 Å². The molecule has 5 rings (SSSR count). The molecule has 1 atom stereocenters. The van der Waals surface area contributed by atoms with Crippen LogP contribution in [0.5, 0.6) is 5.75 Å². The molecule has 0 saturated heterocycles. The lowest BCUT2D eigenvalue weighted by atomic mass is 9.68. The summed E-state index contributed by atoms with van der Waals surface area (Å²) in [6, 6.07) is 19.3. The summed E-state index contributed by atoms with van der Waals surface area (Å²) in [4.78, 5) is 11.1. The molecule has 1 saturated carbocycles. The molecule has 1 N–H and O–H groups in total. The van der Waals surface area contributed by atoms with Crippen molar-refractivity contribution in [3.63, 3.8) is 0 Å². The predicted molar refractivity (Wildman–Crippen MR) is 128 cm³/mol. The lowest BCUT2D eigenvalue weighted by Gasteiger charge is -2.35. The molecule has 1 fully saturated rings. The number of fused-ring (bicyclic) bond motifs is 1. The van der Waals surface area contributed by atoms with E-state index in [-0.39, 0.29) is 5.41 Å². The van der Waals surface area contributed by atoms with Gasteiger partial charge in [0.05, 0.1) is 12.8 Å².